The number of aryl methyl sites for hydroxylation is 1. The van der Waals surface area contributed by atoms with Gasteiger partial charge in [0.2, 0.25) is 0 Å². The molecule has 1 aromatic heterocycles. The van der Waals surface area contributed by atoms with E-state index in [9.17, 15) is 4.79 Å². The lowest BCUT2D eigenvalue weighted by Gasteiger charge is -2.10. The molecule has 0 aliphatic rings. The lowest BCUT2D eigenvalue weighted by molar-refractivity contribution is 0.103. The zero-order valence-corrected chi connectivity index (χ0v) is 10.4. The predicted octanol–water partition coefficient (Wildman–Crippen LogP) is 2.09. The molecule has 18 heavy (non-hydrogen) atoms. The summed E-state index contributed by atoms with van der Waals surface area (Å²) in [5.41, 5.74) is 14.8. The Morgan fingerprint density at radius 3 is 2.56 bits per heavy atom. The molecule has 0 saturated carbocycles. The molecule has 1 aromatic carbocycles. The Morgan fingerprint density at radius 1 is 1.17 bits per heavy atom. The first-order valence-electron chi connectivity index (χ1n) is 5.63. The normalized spacial score (nSPS) is 10.3. The van der Waals surface area contributed by atoms with Crippen LogP contribution >= 0.6 is 0 Å². The van der Waals surface area contributed by atoms with E-state index in [1.54, 1.807) is 30.5 Å². The third kappa shape index (κ3) is 1.93. The van der Waals surface area contributed by atoms with Crippen molar-refractivity contribution in [2.45, 2.75) is 13.8 Å². The first kappa shape index (κ1) is 12.1. The van der Waals surface area contributed by atoms with E-state index in [2.05, 4.69) is 4.98 Å². The van der Waals surface area contributed by atoms with Crippen molar-refractivity contribution in [1.29, 1.82) is 0 Å². The van der Waals surface area contributed by atoms with Gasteiger partial charge in [-0.05, 0) is 37.1 Å². The molecule has 0 unspecified atom stereocenters. The second-order valence-electron chi connectivity index (χ2n) is 4.24. The van der Waals surface area contributed by atoms with E-state index in [-0.39, 0.29) is 11.6 Å². The van der Waals surface area contributed by atoms with Crippen molar-refractivity contribution in [3.8, 4) is 0 Å². The van der Waals surface area contributed by atoms with Gasteiger partial charge >= 0.3 is 0 Å². The minimum Gasteiger partial charge on any atom is -0.398 e. The summed E-state index contributed by atoms with van der Waals surface area (Å²) < 4.78 is 0. The van der Waals surface area contributed by atoms with Crippen LogP contribution in [0.25, 0.3) is 0 Å². The maximum atomic E-state index is 12.5. The van der Waals surface area contributed by atoms with Crippen molar-refractivity contribution in [1.82, 2.24) is 4.98 Å². The number of nitrogens with two attached hydrogens (primary N) is 2. The summed E-state index contributed by atoms with van der Waals surface area (Å²) in [5.74, 6) is 0.115. The van der Waals surface area contributed by atoms with Gasteiger partial charge in [-0.2, -0.15) is 0 Å². The van der Waals surface area contributed by atoms with Crippen molar-refractivity contribution in [3.63, 3.8) is 0 Å². The quantitative estimate of drug-likeness (QED) is 0.623. The zero-order chi connectivity index (χ0) is 13.3. The van der Waals surface area contributed by atoms with Gasteiger partial charge in [-0.3, -0.25) is 4.79 Å². The fourth-order valence-corrected chi connectivity index (χ4v) is 1.91. The summed E-state index contributed by atoms with van der Waals surface area (Å²) in [5, 5.41) is 0. The van der Waals surface area contributed by atoms with Crippen molar-refractivity contribution in [2.24, 2.45) is 0 Å². The number of ketones is 1. The molecule has 92 valence electrons. The average molecular weight is 241 g/mol. The lowest BCUT2D eigenvalue weighted by atomic mass is 9.96. The van der Waals surface area contributed by atoms with Crippen molar-refractivity contribution < 1.29 is 4.79 Å². The highest BCUT2D eigenvalue weighted by Gasteiger charge is 2.18. The monoisotopic (exact) mass is 241 g/mol. The van der Waals surface area contributed by atoms with Crippen LogP contribution in [0.2, 0.25) is 0 Å². The van der Waals surface area contributed by atoms with Crippen LogP contribution in [0, 0.1) is 13.8 Å². The number of rotatable bonds is 2. The smallest absolute Gasteiger partial charge is 0.197 e. The molecule has 0 bridgehead atoms. The van der Waals surface area contributed by atoms with Gasteiger partial charge in [-0.1, -0.05) is 12.1 Å². The molecule has 0 amide bonds. The van der Waals surface area contributed by atoms with Gasteiger partial charge in [0.1, 0.15) is 5.82 Å². The van der Waals surface area contributed by atoms with E-state index in [1.807, 2.05) is 13.8 Å². The van der Waals surface area contributed by atoms with Gasteiger partial charge in [0.05, 0.1) is 5.56 Å². The van der Waals surface area contributed by atoms with Crippen LogP contribution in [0.1, 0.15) is 27.0 Å². The largest absolute Gasteiger partial charge is 0.398 e. The Balaban J connectivity index is 2.59. The van der Waals surface area contributed by atoms with Crippen LogP contribution in [0.15, 0.2) is 30.5 Å². The van der Waals surface area contributed by atoms with Gasteiger partial charge in [0.15, 0.2) is 5.78 Å². The Morgan fingerprint density at radius 2 is 1.89 bits per heavy atom. The number of carbonyl (C=O) groups excluding carboxylic acids is 1. The molecular formula is C14H15N3O. The van der Waals surface area contributed by atoms with E-state index in [4.69, 9.17) is 11.5 Å². The predicted molar refractivity (Wildman–Crippen MR) is 72.4 cm³/mol. The number of nitrogens with zero attached hydrogens (tertiary/aromatic N) is 1. The van der Waals surface area contributed by atoms with Crippen LogP contribution in [-0.4, -0.2) is 10.8 Å². The summed E-state index contributed by atoms with van der Waals surface area (Å²) in [4.78, 5) is 16.4. The average Bonchev–Trinajstić information content (AvgIpc) is 2.32. The standard InChI is InChI=1S/C14H15N3O/c1-8-6-7-17-14(16)12(8)13(18)10-4-3-5-11(15)9(10)2/h3-7H,15H2,1-2H3,(H2,16,17). The third-order valence-corrected chi connectivity index (χ3v) is 3.04. The molecule has 2 aromatic rings. The fourth-order valence-electron chi connectivity index (χ4n) is 1.91. The molecule has 0 saturated heterocycles. The topological polar surface area (TPSA) is 82.0 Å². The number of pyridine rings is 1. The second-order valence-corrected chi connectivity index (χ2v) is 4.24. The molecule has 0 radical (unpaired) electrons. The summed E-state index contributed by atoms with van der Waals surface area (Å²) in [7, 11) is 0. The minimum absolute atomic E-state index is 0.136. The van der Waals surface area contributed by atoms with Gasteiger partial charge < -0.3 is 11.5 Å². The molecule has 1 heterocycles. The van der Waals surface area contributed by atoms with E-state index < -0.39 is 0 Å². The summed E-state index contributed by atoms with van der Waals surface area (Å²) in [6, 6.07) is 7.05. The molecule has 0 atom stereocenters. The van der Waals surface area contributed by atoms with Gasteiger partial charge in [-0.25, -0.2) is 4.98 Å². The Hall–Kier alpha value is -2.36. The molecular weight excluding hydrogens is 226 g/mol. The Kier molecular flexibility index (Phi) is 3.02. The number of carbonyl (C=O) groups is 1. The third-order valence-electron chi connectivity index (χ3n) is 3.04. The molecule has 0 spiro atoms. The van der Waals surface area contributed by atoms with Gasteiger partial charge in [0.25, 0.3) is 0 Å². The highest BCUT2D eigenvalue weighted by atomic mass is 16.1. The maximum Gasteiger partial charge on any atom is 0.197 e. The Labute approximate surface area is 106 Å². The first-order chi connectivity index (χ1) is 8.52. The highest BCUT2D eigenvalue weighted by Crippen LogP contribution is 2.23. The number of hydrogen-bond donors (Lipinski definition) is 2. The maximum absolute atomic E-state index is 12.5. The SMILES string of the molecule is Cc1ccnc(N)c1C(=O)c1cccc(N)c1C. The van der Waals surface area contributed by atoms with E-state index >= 15 is 0 Å². The van der Waals surface area contributed by atoms with Crippen LogP contribution < -0.4 is 11.5 Å². The molecule has 0 aliphatic heterocycles. The summed E-state index contributed by atoms with van der Waals surface area (Å²) >= 11 is 0. The first-order valence-corrected chi connectivity index (χ1v) is 5.63. The van der Waals surface area contributed by atoms with Crippen molar-refractivity contribution >= 4 is 17.3 Å². The van der Waals surface area contributed by atoms with E-state index in [0.717, 1.165) is 11.1 Å². The van der Waals surface area contributed by atoms with Crippen molar-refractivity contribution in [3.05, 3.63) is 52.7 Å². The molecule has 2 rings (SSSR count). The van der Waals surface area contributed by atoms with Gasteiger partial charge in [-0.15, -0.1) is 0 Å². The molecule has 4 N–H and O–H groups in total. The number of anilines is 2. The number of aromatic nitrogens is 1. The number of nitrogen functional groups attached to an aromatic ring is 2. The van der Waals surface area contributed by atoms with E-state index in [0.29, 0.717) is 16.8 Å². The molecule has 4 nitrogen and oxygen atoms in total. The highest BCUT2D eigenvalue weighted by molar-refractivity contribution is 6.13. The van der Waals surface area contributed by atoms with Crippen LogP contribution in [0.3, 0.4) is 0 Å². The summed E-state index contributed by atoms with van der Waals surface area (Å²) in [6.07, 6.45) is 1.59. The fraction of sp³-hybridized carbons (Fsp3) is 0.143. The van der Waals surface area contributed by atoms with Crippen LogP contribution in [0.4, 0.5) is 11.5 Å². The number of hydrogen-bond acceptors (Lipinski definition) is 4. The minimum atomic E-state index is -0.136. The lowest BCUT2D eigenvalue weighted by Crippen LogP contribution is -2.11. The van der Waals surface area contributed by atoms with E-state index in [1.165, 1.54) is 0 Å². The second kappa shape index (κ2) is 4.49. The zero-order valence-electron chi connectivity index (χ0n) is 10.4. The van der Waals surface area contributed by atoms with Crippen LogP contribution in [-0.2, 0) is 0 Å². The number of benzene rings is 1. The van der Waals surface area contributed by atoms with Crippen LogP contribution in [0.5, 0.6) is 0 Å². The van der Waals surface area contributed by atoms with Crippen molar-refractivity contribution in [2.75, 3.05) is 11.5 Å². The Bertz CT molecular complexity index is 600. The molecule has 0 aliphatic carbocycles. The summed E-state index contributed by atoms with van der Waals surface area (Å²) in [6.45, 7) is 3.66. The van der Waals surface area contributed by atoms with Gasteiger partial charge in [0, 0.05) is 17.4 Å². The molecule has 4 heteroatoms. The molecule has 0 fully saturated rings.